The minimum absolute atomic E-state index is 0.0344. The van der Waals surface area contributed by atoms with Crippen LogP contribution in [-0.4, -0.2) is 26.5 Å². The summed E-state index contributed by atoms with van der Waals surface area (Å²) in [6.45, 7) is 1.69. The van der Waals surface area contributed by atoms with E-state index in [0.717, 1.165) is 11.2 Å². The molecule has 0 aromatic heterocycles. The number of aryl methyl sites for hydroxylation is 1. The van der Waals surface area contributed by atoms with Gasteiger partial charge < -0.3 is 11.5 Å². The Morgan fingerprint density at radius 2 is 1.76 bits per heavy atom. The Hall–Kier alpha value is -2.03. The van der Waals surface area contributed by atoms with Crippen LogP contribution in [0.4, 0.5) is 0 Å². The summed E-state index contributed by atoms with van der Waals surface area (Å²) in [6.07, 6.45) is 1.08. The van der Waals surface area contributed by atoms with E-state index in [1.165, 1.54) is 17.8 Å². The largest absolute Gasteiger partial charge is 0.370 e. The molecule has 132 valence electrons. The summed E-state index contributed by atoms with van der Waals surface area (Å²) in [7, 11) is -3.57. The molecule has 0 atom stereocenters. The second-order valence-corrected chi connectivity index (χ2v) is 8.82. The fourth-order valence-corrected chi connectivity index (χ4v) is 4.45. The summed E-state index contributed by atoms with van der Waals surface area (Å²) < 4.78 is 24.4. The first kappa shape index (κ1) is 19.3. The fourth-order valence-electron chi connectivity index (χ4n) is 2.07. The third-order valence-electron chi connectivity index (χ3n) is 3.19. The zero-order valence-electron chi connectivity index (χ0n) is 13.5. The van der Waals surface area contributed by atoms with Crippen LogP contribution in [0.3, 0.4) is 0 Å². The first-order chi connectivity index (χ1) is 11.6. The Morgan fingerprint density at radius 3 is 2.28 bits per heavy atom. The number of carbonyl (C=O) groups excluding carboxylic acids is 1. The number of benzene rings is 2. The van der Waals surface area contributed by atoms with Gasteiger partial charge in [0, 0.05) is 26.6 Å². The van der Waals surface area contributed by atoms with E-state index in [4.69, 9.17) is 23.1 Å². The van der Waals surface area contributed by atoms with E-state index >= 15 is 0 Å². The Labute approximate surface area is 155 Å². The van der Waals surface area contributed by atoms with Gasteiger partial charge in [-0.1, -0.05) is 23.4 Å². The zero-order valence-corrected chi connectivity index (χ0v) is 15.9. The van der Waals surface area contributed by atoms with Crippen molar-refractivity contribution in [2.45, 2.75) is 21.6 Å². The molecule has 2 rings (SSSR count). The molecule has 2 aromatic rings. The van der Waals surface area contributed by atoms with Crippen molar-refractivity contribution in [2.24, 2.45) is 16.5 Å². The monoisotopic (exact) mass is 397 g/mol. The molecule has 0 bridgehead atoms. The van der Waals surface area contributed by atoms with Gasteiger partial charge in [-0.3, -0.25) is 4.79 Å². The number of amides is 1. The van der Waals surface area contributed by atoms with E-state index in [-0.39, 0.29) is 16.4 Å². The second-order valence-electron chi connectivity index (χ2n) is 5.28. The molecule has 0 fully saturated rings. The zero-order chi connectivity index (χ0) is 18.8. The van der Waals surface area contributed by atoms with Crippen LogP contribution in [0.5, 0.6) is 0 Å². The van der Waals surface area contributed by atoms with Crippen molar-refractivity contribution >= 4 is 45.1 Å². The number of aliphatic imine (C=N–C) groups is 1. The van der Waals surface area contributed by atoms with Crippen molar-refractivity contribution in [1.82, 2.24) is 0 Å². The molecule has 0 aliphatic rings. The number of hydrogen-bond acceptors (Lipinski definition) is 4. The van der Waals surface area contributed by atoms with E-state index in [9.17, 15) is 13.2 Å². The molecule has 25 heavy (non-hydrogen) atoms. The van der Waals surface area contributed by atoms with Crippen LogP contribution >= 0.6 is 23.4 Å². The Kier molecular flexibility index (Phi) is 5.76. The van der Waals surface area contributed by atoms with Crippen LogP contribution in [-0.2, 0) is 9.84 Å². The molecule has 4 N–H and O–H groups in total. The Balaban J connectivity index is 2.57. The smallest absolute Gasteiger partial charge is 0.280 e. The van der Waals surface area contributed by atoms with E-state index < -0.39 is 15.7 Å². The lowest BCUT2D eigenvalue weighted by Gasteiger charge is -2.12. The van der Waals surface area contributed by atoms with Crippen LogP contribution in [0.25, 0.3) is 0 Å². The van der Waals surface area contributed by atoms with Crippen LogP contribution in [0, 0.1) is 6.92 Å². The number of carbonyl (C=O) groups is 1. The average Bonchev–Trinajstić information content (AvgIpc) is 2.47. The van der Waals surface area contributed by atoms with Crippen LogP contribution in [0.15, 0.2) is 56.1 Å². The lowest BCUT2D eigenvalue weighted by atomic mass is 10.1. The van der Waals surface area contributed by atoms with E-state index in [1.807, 2.05) is 0 Å². The summed E-state index contributed by atoms with van der Waals surface area (Å²) >= 11 is 7.13. The van der Waals surface area contributed by atoms with Crippen molar-refractivity contribution < 1.29 is 13.2 Å². The highest BCUT2D eigenvalue weighted by atomic mass is 35.5. The summed E-state index contributed by atoms with van der Waals surface area (Å²) in [5.74, 6) is -1.07. The van der Waals surface area contributed by atoms with Gasteiger partial charge in [0.05, 0.1) is 4.90 Å². The molecule has 0 saturated carbocycles. The second kappa shape index (κ2) is 7.47. The molecule has 0 radical (unpaired) electrons. The topological polar surface area (TPSA) is 116 Å². The average molecular weight is 398 g/mol. The number of guanidine groups is 1. The first-order valence-electron chi connectivity index (χ1n) is 7.00. The van der Waals surface area contributed by atoms with Gasteiger partial charge in [-0.2, -0.15) is 4.99 Å². The van der Waals surface area contributed by atoms with Crippen LogP contribution in [0.2, 0.25) is 5.02 Å². The highest BCUT2D eigenvalue weighted by Crippen LogP contribution is 2.35. The lowest BCUT2D eigenvalue weighted by Crippen LogP contribution is -2.24. The van der Waals surface area contributed by atoms with Crippen molar-refractivity contribution in [3.63, 3.8) is 0 Å². The quantitative estimate of drug-likeness (QED) is 0.605. The number of sulfone groups is 1. The standard InChI is InChI=1S/C16H16ClN3O3S2/c1-9-7-13(24-11-5-3-10(17)4-6-11)14(25(2,22)23)8-12(9)15(21)20-16(18)19/h3-8H,1-2H3,(H4,18,19,20,21). The highest BCUT2D eigenvalue weighted by molar-refractivity contribution is 8.00. The normalized spacial score (nSPS) is 11.2. The number of nitrogens with two attached hydrogens (primary N) is 2. The predicted molar refractivity (Wildman–Crippen MR) is 100 cm³/mol. The molecule has 6 nitrogen and oxygen atoms in total. The summed E-state index contributed by atoms with van der Waals surface area (Å²) in [5.41, 5.74) is 11.1. The van der Waals surface area contributed by atoms with Gasteiger partial charge in [0.1, 0.15) is 0 Å². The molecular formula is C16H16ClN3O3S2. The van der Waals surface area contributed by atoms with E-state index in [0.29, 0.717) is 15.5 Å². The molecule has 0 saturated heterocycles. The SMILES string of the molecule is Cc1cc(Sc2ccc(Cl)cc2)c(S(C)(=O)=O)cc1C(=O)N=C(N)N. The number of nitrogens with zero attached hydrogens (tertiary/aromatic N) is 1. The molecule has 0 aliphatic carbocycles. The molecule has 1 amide bonds. The van der Waals surface area contributed by atoms with E-state index in [2.05, 4.69) is 4.99 Å². The summed E-state index contributed by atoms with van der Waals surface area (Å²) in [4.78, 5) is 16.9. The maximum absolute atomic E-state index is 12.2. The molecule has 0 unspecified atom stereocenters. The van der Waals surface area contributed by atoms with Crippen molar-refractivity contribution in [3.05, 3.63) is 52.5 Å². The van der Waals surface area contributed by atoms with Gasteiger partial charge >= 0.3 is 0 Å². The van der Waals surface area contributed by atoms with Gasteiger partial charge in [0.25, 0.3) is 5.91 Å². The summed E-state index contributed by atoms with van der Waals surface area (Å²) in [6, 6.07) is 9.93. The molecule has 0 heterocycles. The van der Waals surface area contributed by atoms with Gasteiger partial charge in [0.15, 0.2) is 15.8 Å². The van der Waals surface area contributed by atoms with Gasteiger partial charge in [0.2, 0.25) is 0 Å². The highest BCUT2D eigenvalue weighted by Gasteiger charge is 2.20. The van der Waals surface area contributed by atoms with Crippen molar-refractivity contribution in [2.75, 3.05) is 6.26 Å². The van der Waals surface area contributed by atoms with Crippen LogP contribution < -0.4 is 11.5 Å². The molecule has 0 aliphatic heterocycles. The maximum atomic E-state index is 12.2. The maximum Gasteiger partial charge on any atom is 0.280 e. The first-order valence-corrected chi connectivity index (χ1v) is 10.1. The minimum atomic E-state index is -3.57. The molecule has 0 spiro atoms. The fraction of sp³-hybridized carbons (Fsp3) is 0.125. The third kappa shape index (κ3) is 4.97. The number of rotatable bonds is 4. The lowest BCUT2D eigenvalue weighted by molar-refractivity contribution is 0.100. The Morgan fingerprint density at radius 1 is 1.16 bits per heavy atom. The molecule has 2 aromatic carbocycles. The van der Waals surface area contributed by atoms with Crippen molar-refractivity contribution in [3.8, 4) is 0 Å². The van der Waals surface area contributed by atoms with Gasteiger partial charge in [-0.15, -0.1) is 0 Å². The van der Waals surface area contributed by atoms with E-state index in [1.54, 1.807) is 37.3 Å². The summed E-state index contributed by atoms with van der Waals surface area (Å²) in [5, 5.41) is 0.585. The third-order valence-corrected chi connectivity index (χ3v) is 5.78. The number of hydrogen-bond donors (Lipinski definition) is 2. The minimum Gasteiger partial charge on any atom is -0.370 e. The predicted octanol–water partition coefficient (Wildman–Crippen LogP) is 2.62. The van der Waals surface area contributed by atoms with Gasteiger partial charge in [-0.25, -0.2) is 8.42 Å². The van der Waals surface area contributed by atoms with Crippen molar-refractivity contribution in [1.29, 1.82) is 0 Å². The molecular weight excluding hydrogens is 382 g/mol. The number of halogens is 1. The van der Waals surface area contributed by atoms with Gasteiger partial charge in [-0.05, 0) is 48.9 Å². The molecule has 9 heteroatoms. The van der Waals surface area contributed by atoms with Crippen LogP contribution in [0.1, 0.15) is 15.9 Å². The Bertz CT molecular complexity index is 951.